The van der Waals surface area contributed by atoms with Crippen LogP contribution in [0, 0.1) is 5.41 Å². The summed E-state index contributed by atoms with van der Waals surface area (Å²) in [4.78, 5) is 45.6. The Morgan fingerprint density at radius 3 is 2.12 bits per heavy atom. The molecular formula is C27H19Cl2NO3S. The van der Waals surface area contributed by atoms with E-state index in [-0.39, 0.29) is 17.3 Å². The van der Waals surface area contributed by atoms with Crippen molar-refractivity contribution < 1.29 is 14.4 Å². The van der Waals surface area contributed by atoms with Gasteiger partial charge in [0.15, 0.2) is 22.9 Å². The monoisotopic (exact) mass is 507 g/mol. The number of hydrogen-bond acceptors (Lipinski definition) is 5. The Bertz CT molecular complexity index is 1390. The van der Waals surface area contributed by atoms with Crippen LogP contribution in [0.25, 0.3) is 0 Å². The van der Waals surface area contributed by atoms with Crippen molar-refractivity contribution in [3.8, 4) is 0 Å². The van der Waals surface area contributed by atoms with Crippen LogP contribution in [0.1, 0.15) is 42.6 Å². The van der Waals surface area contributed by atoms with E-state index < -0.39 is 16.9 Å². The maximum Gasteiger partial charge on any atom is 0.192 e. The van der Waals surface area contributed by atoms with Crippen LogP contribution in [0.4, 0.5) is 0 Å². The molecule has 3 aromatic rings. The van der Waals surface area contributed by atoms with Gasteiger partial charge in [0.1, 0.15) is 0 Å². The fraction of sp³-hybridized carbons (Fsp3) is 0.222. The molecule has 170 valence electrons. The number of carbonyl (C=O) groups is 3. The summed E-state index contributed by atoms with van der Waals surface area (Å²) in [6.45, 7) is 0.335. The summed E-state index contributed by atoms with van der Waals surface area (Å²) < 4.78 is 0. The molecule has 2 atom stereocenters. The molecule has 0 unspecified atom stereocenters. The van der Waals surface area contributed by atoms with Crippen LogP contribution >= 0.6 is 35.0 Å². The third kappa shape index (κ3) is 2.53. The first-order valence-electron chi connectivity index (χ1n) is 11.0. The molecule has 0 N–H and O–H groups in total. The molecule has 0 radical (unpaired) electrons. The number of halogens is 2. The molecule has 0 saturated carbocycles. The highest BCUT2D eigenvalue weighted by atomic mass is 35.5. The first kappa shape index (κ1) is 22.1. The van der Waals surface area contributed by atoms with Crippen LogP contribution in [0.5, 0.6) is 0 Å². The molecule has 1 aliphatic carbocycles. The van der Waals surface area contributed by atoms with Crippen molar-refractivity contribution >= 4 is 52.3 Å². The number of likely N-dealkylation sites (N-methyl/N-ethyl adjacent to an activating group) is 1. The Labute approximate surface area is 211 Å². The second-order valence-electron chi connectivity index (χ2n) is 9.10. The normalized spacial score (nSPS) is 25.3. The van der Waals surface area contributed by atoms with Crippen LogP contribution < -0.4 is 0 Å². The van der Waals surface area contributed by atoms with Crippen molar-refractivity contribution in [2.75, 3.05) is 19.3 Å². The molecule has 6 rings (SSSR count). The number of Topliss-reactive ketones (excluding diaryl/α,β-unsaturated/α-hetero) is 3. The fourth-order valence-electron chi connectivity index (χ4n) is 6.24. The molecule has 0 amide bonds. The number of benzene rings is 3. The lowest BCUT2D eigenvalue weighted by atomic mass is 9.58. The molecule has 1 saturated heterocycles. The second kappa shape index (κ2) is 7.53. The predicted molar refractivity (Wildman–Crippen MR) is 134 cm³/mol. The van der Waals surface area contributed by atoms with E-state index in [4.69, 9.17) is 23.2 Å². The number of thioether (sulfide) groups is 1. The summed E-state index contributed by atoms with van der Waals surface area (Å²) in [6, 6.07) is 19.5. The lowest BCUT2D eigenvalue weighted by Crippen LogP contribution is -2.66. The van der Waals surface area contributed by atoms with Crippen molar-refractivity contribution in [3.63, 3.8) is 0 Å². The topological polar surface area (TPSA) is 54.5 Å². The number of hydrogen-bond donors (Lipinski definition) is 0. The lowest BCUT2D eigenvalue weighted by molar-refractivity contribution is 0.0361. The average molecular weight is 508 g/mol. The van der Waals surface area contributed by atoms with Gasteiger partial charge in [0, 0.05) is 49.8 Å². The number of carbonyl (C=O) groups excluding carboxylic acids is 3. The minimum absolute atomic E-state index is 0.184. The quantitative estimate of drug-likeness (QED) is 0.388. The number of ketones is 3. The number of fused-ring (bicyclic) bond motifs is 3. The van der Waals surface area contributed by atoms with Gasteiger partial charge in [0.2, 0.25) is 0 Å². The zero-order valence-corrected chi connectivity index (χ0v) is 20.5. The van der Waals surface area contributed by atoms with E-state index >= 15 is 0 Å². The molecule has 2 aliphatic heterocycles. The van der Waals surface area contributed by atoms with Gasteiger partial charge in [-0.1, -0.05) is 71.7 Å². The Balaban J connectivity index is 1.67. The molecule has 7 heteroatoms. The third-order valence-corrected chi connectivity index (χ3v) is 9.50. The van der Waals surface area contributed by atoms with Gasteiger partial charge in [-0.2, -0.15) is 0 Å². The Hall–Kier alpha value is -2.44. The molecule has 2 spiro atoms. The van der Waals surface area contributed by atoms with Crippen molar-refractivity contribution in [1.29, 1.82) is 0 Å². The van der Waals surface area contributed by atoms with Crippen LogP contribution in [-0.4, -0.2) is 47.1 Å². The van der Waals surface area contributed by atoms with E-state index in [1.54, 1.807) is 54.4 Å². The second-order valence-corrected chi connectivity index (χ2v) is 11.0. The molecule has 0 bridgehead atoms. The molecule has 0 aromatic heterocycles. The summed E-state index contributed by atoms with van der Waals surface area (Å²) >= 11 is 14.4. The van der Waals surface area contributed by atoms with Crippen molar-refractivity contribution in [1.82, 2.24) is 4.90 Å². The average Bonchev–Trinajstić information content (AvgIpc) is 3.23. The van der Waals surface area contributed by atoms with Gasteiger partial charge in [0.25, 0.3) is 0 Å². The maximum atomic E-state index is 14.5. The minimum atomic E-state index is -1.64. The molecule has 3 aliphatic rings. The standard InChI is InChI=1S/C27H19Cl2NO3S/c1-30-13-20(18-11-10-15(28)12-21(18)29)26(14-34-22-9-5-4-8-19(22)23(26)31)27(30)24(32)16-6-2-3-7-17(16)25(27)33/h2-12,20H,13-14H2,1H3/t20-,26-/m1/s1. The minimum Gasteiger partial charge on any atom is -0.293 e. The summed E-state index contributed by atoms with van der Waals surface area (Å²) in [7, 11) is 1.77. The smallest absolute Gasteiger partial charge is 0.192 e. The van der Waals surface area contributed by atoms with Gasteiger partial charge in [-0.15, -0.1) is 11.8 Å². The summed E-state index contributed by atoms with van der Waals surface area (Å²) in [6.07, 6.45) is 0. The molecule has 3 aromatic carbocycles. The van der Waals surface area contributed by atoms with Gasteiger partial charge < -0.3 is 0 Å². The molecule has 2 heterocycles. The zero-order valence-electron chi connectivity index (χ0n) is 18.2. The van der Waals surface area contributed by atoms with E-state index in [2.05, 4.69) is 0 Å². The fourth-order valence-corrected chi connectivity index (χ4v) is 8.19. The molecular weight excluding hydrogens is 489 g/mol. The van der Waals surface area contributed by atoms with E-state index in [1.165, 1.54) is 11.8 Å². The Morgan fingerprint density at radius 2 is 1.47 bits per heavy atom. The Kier molecular flexibility index (Phi) is 4.88. The lowest BCUT2D eigenvalue weighted by Gasteiger charge is -2.47. The predicted octanol–water partition coefficient (Wildman–Crippen LogP) is 5.82. The van der Waals surface area contributed by atoms with Gasteiger partial charge in [-0.25, -0.2) is 0 Å². The van der Waals surface area contributed by atoms with Crippen LogP contribution in [0.2, 0.25) is 10.0 Å². The summed E-state index contributed by atoms with van der Waals surface area (Å²) in [5.74, 6) is -0.981. The van der Waals surface area contributed by atoms with Crippen molar-refractivity contribution in [2.24, 2.45) is 5.41 Å². The maximum absolute atomic E-state index is 14.5. The van der Waals surface area contributed by atoms with E-state index in [0.29, 0.717) is 39.0 Å². The van der Waals surface area contributed by atoms with Crippen LogP contribution in [0.15, 0.2) is 71.6 Å². The Morgan fingerprint density at radius 1 is 0.853 bits per heavy atom. The highest BCUT2D eigenvalue weighted by molar-refractivity contribution is 7.99. The van der Waals surface area contributed by atoms with Gasteiger partial charge >= 0.3 is 0 Å². The summed E-state index contributed by atoms with van der Waals surface area (Å²) in [5, 5.41) is 0.911. The van der Waals surface area contributed by atoms with Crippen LogP contribution in [0.3, 0.4) is 0 Å². The zero-order chi connectivity index (χ0) is 23.8. The number of nitrogens with zero attached hydrogens (tertiary/aromatic N) is 1. The number of likely N-dealkylation sites (tertiary alicyclic amines) is 1. The van der Waals surface area contributed by atoms with Gasteiger partial charge in [-0.3, -0.25) is 19.3 Å². The SMILES string of the molecule is CN1C[C@H](c2ccc(Cl)cc2Cl)[C@@]2(CSc3ccccc3C2=O)C12C(=O)c1ccccc1C2=O. The summed E-state index contributed by atoms with van der Waals surface area (Å²) in [5.41, 5.74) is -0.955. The highest BCUT2D eigenvalue weighted by Crippen LogP contribution is 2.63. The van der Waals surface area contributed by atoms with E-state index in [9.17, 15) is 14.4 Å². The van der Waals surface area contributed by atoms with E-state index in [1.807, 2.05) is 24.3 Å². The first-order valence-corrected chi connectivity index (χ1v) is 12.7. The highest BCUT2D eigenvalue weighted by Gasteiger charge is 2.76. The molecule has 1 fully saturated rings. The van der Waals surface area contributed by atoms with Gasteiger partial charge in [0.05, 0.1) is 5.41 Å². The third-order valence-electron chi connectivity index (χ3n) is 7.67. The molecule has 4 nitrogen and oxygen atoms in total. The van der Waals surface area contributed by atoms with Gasteiger partial charge in [-0.05, 0) is 30.8 Å². The van der Waals surface area contributed by atoms with Crippen molar-refractivity contribution in [3.05, 3.63) is 99.0 Å². The van der Waals surface area contributed by atoms with E-state index in [0.717, 1.165) is 10.5 Å². The van der Waals surface area contributed by atoms with Crippen molar-refractivity contribution in [2.45, 2.75) is 16.4 Å². The first-order chi connectivity index (χ1) is 16.3. The molecule has 34 heavy (non-hydrogen) atoms. The van der Waals surface area contributed by atoms with Crippen LogP contribution in [-0.2, 0) is 0 Å². The largest absolute Gasteiger partial charge is 0.293 e. The number of rotatable bonds is 1.